The van der Waals surface area contributed by atoms with E-state index in [1.165, 1.54) is 24.3 Å². The molecule has 0 fully saturated rings. The van der Waals surface area contributed by atoms with Gasteiger partial charge in [-0.2, -0.15) is 0 Å². The van der Waals surface area contributed by atoms with E-state index in [-0.39, 0.29) is 7.92 Å². The first-order valence-electron chi connectivity index (χ1n) is 5.10. The van der Waals surface area contributed by atoms with Gasteiger partial charge in [0.2, 0.25) is 0 Å². The van der Waals surface area contributed by atoms with E-state index < -0.39 is 0 Å². The molecule has 1 aromatic rings. The Morgan fingerprint density at radius 2 is 1.85 bits per heavy atom. The molecule has 1 unspecified atom stereocenters. The second-order valence-corrected chi connectivity index (χ2v) is 6.01. The minimum Gasteiger partial charge on any atom is -0.0753 e. The molecule has 1 aromatic carbocycles. The summed E-state index contributed by atoms with van der Waals surface area (Å²) in [6.45, 7) is 6.83. The first-order chi connectivity index (χ1) is 6.29. The van der Waals surface area contributed by atoms with E-state index in [0.29, 0.717) is 0 Å². The first kappa shape index (κ1) is 10.7. The minimum atomic E-state index is 0.126. The quantitative estimate of drug-likeness (QED) is 0.643. The van der Waals surface area contributed by atoms with Crippen LogP contribution in [0.3, 0.4) is 0 Å². The fourth-order valence-electron chi connectivity index (χ4n) is 1.64. The van der Waals surface area contributed by atoms with Gasteiger partial charge in [0.25, 0.3) is 0 Å². The first-order valence-corrected chi connectivity index (χ1v) is 6.81. The summed E-state index contributed by atoms with van der Waals surface area (Å²) in [4.78, 5) is 0. The summed E-state index contributed by atoms with van der Waals surface area (Å²) in [7, 11) is 0.126. The highest BCUT2D eigenvalue weighted by Crippen LogP contribution is 2.35. The monoisotopic (exact) mass is 194 g/mol. The molecule has 1 atom stereocenters. The Labute approximate surface area is 83.1 Å². The van der Waals surface area contributed by atoms with Crippen LogP contribution in [0.4, 0.5) is 0 Å². The van der Waals surface area contributed by atoms with Crippen LogP contribution in [-0.2, 0) is 0 Å². The zero-order chi connectivity index (χ0) is 9.68. The highest BCUT2D eigenvalue weighted by molar-refractivity contribution is 7.65. The lowest BCUT2D eigenvalue weighted by molar-refractivity contribution is 1.09. The summed E-state index contributed by atoms with van der Waals surface area (Å²) >= 11 is 0. The highest BCUT2D eigenvalue weighted by Gasteiger charge is 2.08. The van der Waals surface area contributed by atoms with Crippen molar-refractivity contribution < 1.29 is 0 Å². The normalized spacial score (nSPS) is 12.8. The molecular weight excluding hydrogens is 175 g/mol. The average molecular weight is 194 g/mol. The van der Waals surface area contributed by atoms with Gasteiger partial charge in [0.15, 0.2) is 0 Å². The third kappa shape index (κ3) is 2.81. The molecule has 13 heavy (non-hydrogen) atoms. The fourth-order valence-corrected chi connectivity index (χ4v) is 3.94. The van der Waals surface area contributed by atoms with Crippen LogP contribution in [0.2, 0.25) is 0 Å². The van der Waals surface area contributed by atoms with Crippen molar-refractivity contribution in [1.82, 2.24) is 0 Å². The Morgan fingerprint density at radius 3 is 2.38 bits per heavy atom. The molecule has 0 bridgehead atoms. The van der Waals surface area contributed by atoms with Crippen molar-refractivity contribution in [1.29, 1.82) is 0 Å². The van der Waals surface area contributed by atoms with Crippen molar-refractivity contribution in [2.45, 2.75) is 27.2 Å². The summed E-state index contributed by atoms with van der Waals surface area (Å²) in [5.41, 5.74) is 1.48. The molecule has 1 rings (SSSR count). The second-order valence-electron chi connectivity index (χ2n) is 3.37. The molecule has 72 valence electrons. The second kappa shape index (κ2) is 5.40. The molecule has 0 spiro atoms. The van der Waals surface area contributed by atoms with Crippen LogP contribution >= 0.6 is 7.92 Å². The van der Waals surface area contributed by atoms with E-state index in [1.54, 1.807) is 5.30 Å². The van der Waals surface area contributed by atoms with Gasteiger partial charge in [-0.1, -0.05) is 52.5 Å². The number of hydrogen-bond donors (Lipinski definition) is 0. The largest absolute Gasteiger partial charge is 0.0753 e. The maximum Gasteiger partial charge on any atom is -0.0211 e. The molecule has 0 aliphatic carbocycles. The maximum atomic E-state index is 2.31. The van der Waals surface area contributed by atoms with Crippen molar-refractivity contribution >= 4 is 13.2 Å². The highest BCUT2D eigenvalue weighted by atomic mass is 31.1. The lowest BCUT2D eigenvalue weighted by Crippen LogP contribution is -2.08. The third-order valence-corrected chi connectivity index (χ3v) is 5.27. The van der Waals surface area contributed by atoms with Gasteiger partial charge in [-0.25, -0.2) is 0 Å². The molecule has 0 N–H and O–H groups in total. The molecule has 0 heterocycles. The van der Waals surface area contributed by atoms with E-state index >= 15 is 0 Å². The van der Waals surface area contributed by atoms with Crippen molar-refractivity contribution in [3.8, 4) is 0 Å². The molecule has 0 nitrogen and oxygen atoms in total. The Bertz CT molecular complexity index is 255. The van der Waals surface area contributed by atoms with Crippen molar-refractivity contribution in [3.63, 3.8) is 0 Å². The number of rotatable bonds is 4. The maximum absolute atomic E-state index is 2.31. The van der Waals surface area contributed by atoms with Gasteiger partial charge < -0.3 is 0 Å². The Hall–Kier alpha value is -0.350. The summed E-state index contributed by atoms with van der Waals surface area (Å²) in [5.74, 6) is 0. The predicted octanol–water partition coefficient (Wildman–Crippen LogP) is 3.53. The van der Waals surface area contributed by atoms with Crippen LogP contribution in [0, 0.1) is 6.92 Å². The Balaban J connectivity index is 2.84. The number of benzene rings is 1. The Morgan fingerprint density at radius 1 is 1.15 bits per heavy atom. The van der Waals surface area contributed by atoms with Crippen LogP contribution in [0.25, 0.3) is 0 Å². The van der Waals surface area contributed by atoms with Gasteiger partial charge in [-0.15, -0.1) is 0 Å². The third-order valence-electron chi connectivity index (χ3n) is 2.33. The molecule has 0 aliphatic rings. The van der Waals surface area contributed by atoms with Crippen molar-refractivity contribution in [2.75, 3.05) is 12.3 Å². The molecule has 0 aliphatic heterocycles. The summed E-state index contributed by atoms with van der Waals surface area (Å²) in [5, 5.41) is 1.61. The zero-order valence-electron chi connectivity index (χ0n) is 8.88. The van der Waals surface area contributed by atoms with E-state index in [2.05, 4.69) is 45.0 Å². The van der Waals surface area contributed by atoms with Gasteiger partial charge in [0.1, 0.15) is 0 Å². The van der Waals surface area contributed by atoms with Gasteiger partial charge in [-0.05, 0) is 30.1 Å². The van der Waals surface area contributed by atoms with Crippen molar-refractivity contribution in [2.24, 2.45) is 0 Å². The SMILES string of the molecule is CCCP(CC)c1ccccc1C. The minimum absolute atomic E-state index is 0.126. The van der Waals surface area contributed by atoms with E-state index in [0.717, 1.165) is 0 Å². The van der Waals surface area contributed by atoms with E-state index in [1.807, 2.05) is 0 Å². The van der Waals surface area contributed by atoms with Gasteiger partial charge in [-0.3, -0.25) is 0 Å². The topological polar surface area (TPSA) is 0 Å². The molecule has 0 saturated carbocycles. The van der Waals surface area contributed by atoms with Crippen LogP contribution in [-0.4, -0.2) is 12.3 Å². The van der Waals surface area contributed by atoms with E-state index in [4.69, 9.17) is 0 Å². The lowest BCUT2D eigenvalue weighted by atomic mass is 10.2. The summed E-state index contributed by atoms with van der Waals surface area (Å²) < 4.78 is 0. The average Bonchev–Trinajstić information content (AvgIpc) is 2.16. The van der Waals surface area contributed by atoms with Gasteiger partial charge in [0, 0.05) is 0 Å². The van der Waals surface area contributed by atoms with Crippen LogP contribution < -0.4 is 5.30 Å². The molecule has 0 radical (unpaired) electrons. The van der Waals surface area contributed by atoms with Crippen molar-refractivity contribution in [3.05, 3.63) is 29.8 Å². The van der Waals surface area contributed by atoms with Crippen LogP contribution in [0.1, 0.15) is 25.8 Å². The molecule has 1 heteroatoms. The zero-order valence-corrected chi connectivity index (χ0v) is 9.77. The predicted molar refractivity (Wildman–Crippen MR) is 63.4 cm³/mol. The molecular formula is C12H19P. The fraction of sp³-hybridized carbons (Fsp3) is 0.500. The van der Waals surface area contributed by atoms with Crippen LogP contribution in [0.5, 0.6) is 0 Å². The number of hydrogen-bond acceptors (Lipinski definition) is 0. The number of aryl methyl sites for hydroxylation is 1. The molecule has 0 aromatic heterocycles. The van der Waals surface area contributed by atoms with E-state index in [9.17, 15) is 0 Å². The summed E-state index contributed by atoms with van der Waals surface area (Å²) in [6, 6.07) is 8.84. The lowest BCUT2D eigenvalue weighted by Gasteiger charge is -2.17. The standard InChI is InChI=1S/C12H19P/c1-4-10-13(5-2)12-9-7-6-8-11(12)3/h6-9H,4-5,10H2,1-3H3. The van der Waals surface area contributed by atoms with Gasteiger partial charge >= 0.3 is 0 Å². The van der Waals surface area contributed by atoms with Gasteiger partial charge in [0.05, 0.1) is 0 Å². The smallest absolute Gasteiger partial charge is 0.0211 e. The molecule has 0 amide bonds. The summed E-state index contributed by atoms with van der Waals surface area (Å²) in [6.07, 6.45) is 4.03. The Kier molecular flexibility index (Phi) is 4.45. The van der Waals surface area contributed by atoms with Crippen LogP contribution in [0.15, 0.2) is 24.3 Å². The molecule has 0 saturated heterocycles.